The first-order valence-corrected chi connectivity index (χ1v) is 7.23. The van der Waals surface area contributed by atoms with Crippen LogP contribution in [-0.4, -0.2) is 44.4 Å². The summed E-state index contributed by atoms with van der Waals surface area (Å²) in [6.07, 6.45) is 1.24. The second-order valence-corrected chi connectivity index (χ2v) is 6.10. The van der Waals surface area contributed by atoms with Crippen molar-refractivity contribution in [3.05, 3.63) is 26.6 Å². The van der Waals surface area contributed by atoms with Crippen molar-refractivity contribution < 1.29 is 19.0 Å². The summed E-state index contributed by atoms with van der Waals surface area (Å²) >= 11 is 3.20. The number of pyridine rings is 1. The summed E-state index contributed by atoms with van der Waals surface area (Å²) in [6, 6.07) is 0. The first-order valence-electron chi connectivity index (χ1n) is 6.44. The minimum Gasteiger partial charge on any atom is -0.491 e. The van der Waals surface area contributed by atoms with Crippen molar-refractivity contribution in [2.24, 2.45) is 5.41 Å². The van der Waals surface area contributed by atoms with Gasteiger partial charge in [0.05, 0.1) is 36.3 Å². The first-order chi connectivity index (χ1) is 9.90. The number of ether oxygens (including phenoxy) is 3. The fourth-order valence-corrected chi connectivity index (χ4v) is 3.19. The van der Waals surface area contributed by atoms with Crippen LogP contribution in [0.25, 0.3) is 0 Å². The van der Waals surface area contributed by atoms with Crippen molar-refractivity contribution in [2.75, 3.05) is 27.9 Å². The molecule has 0 radical (unpaired) electrons. The number of rotatable bonds is 4. The third-order valence-electron chi connectivity index (χ3n) is 3.93. The van der Waals surface area contributed by atoms with Gasteiger partial charge < -0.3 is 18.8 Å². The largest absolute Gasteiger partial charge is 0.491 e. The van der Waals surface area contributed by atoms with Crippen molar-refractivity contribution in [1.82, 2.24) is 4.57 Å². The Kier molecular flexibility index (Phi) is 4.55. The zero-order valence-corrected chi connectivity index (χ0v) is 14.0. The van der Waals surface area contributed by atoms with Gasteiger partial charge in [0.15, 0.2) is 11.5 Å². The van der Waals surface area contributed by atoms with Crippen molar-refractivity contribution >= 4 is 21.7 Å². The molecule has 0 aliphatic carbocycles. The molecule has 21 heavy (non-hydrogen) atoms. The van der Waals surface area contributed by atoms with Crippen LogP contribution < -0.4 is 10.2 Å². The Morgan fingerprint density at radius 2 is 2.05 bits per heavy atom. The van der Waals surface area contributed by atoms with Gasteiger partial charge in [0.2, 0.25) is 5.43 Å². The van der Waals surface area contributed by atoms with E-state index in [2.05, 4.69) is 15.9 Å². The molecule has 116 valence electrons. The molecule has 7 heteroatoms. The molecule has 0 spiro atoms. The molecule has 0 saturated heterocycles. The van der Waals surface area contributed by atoms with Crippen molar-refractivity contribution in [2.45, 2.75) is 19.6 Å². The highest BCUT2D eigenvalue weighted by atomic mass is 79.9. The van der Waals surface area contributed by atoms with E-state index in [0.29, 0.717) is 11.0 Å². The predicted molar refractivity (Wildman–Crippen MR) is 80.1 cm³/mol. The maximum atomic E-state index is 12.9. The molecule has 1 aromatic rings. The molecular formula is C14H18BrNO5. The van der Waals surface area contributed by atoms with Crippen LogP contribution in [0, 0.1) is 5.41 Å². The Morgan fingerprint density at radius 3 is 2.57 bits per heavy atom. The number of aromatic nitrogens is 1. The zero-order chi connectivity index (χ0) is 15.8. The molecule has 6 nitrogen and oxygen atoms in total. The lowest BCUT2D eigenvalue weighted by Gasteiger charge is -2.40. The molecule has 1 aromatic heterocycles. The minimum absolute atomic E-state index is 0.0475. The lowest BCUT2D eigenvalue weighted by atomic mass is 9.76. The SMILES string of the molecule is COCC1(C)C(=O)c2c(OC)c(=O)c(Br)cn2CC1OC. The maximum Gasteiger partial charge on any atom is 0.238 e. The number of methoxy groups -OCH3 is 3. The van der Waals surface area contributed by atoms with E-state index < -0.39 is 5.41 Å². The number of carbonyl (C=O) groups excluding carboxylic acids is 1. The van der Waals surface area contributed by atoms with Crippen molar-refractivity contribution in [3.8, 4) is 5.75 Å². The lowest BCUT2D eigenvalue weighted by Crippen LogP contribution is -2.52. The third kappa shape index (κ3) is 2.43. The van der Waals surface area contributed by atoms with Crippen LogP contribution in [-0.2, 0) is 16.0 Å². The van der Waals surface area contributed by atoms with Crippen LogP contribution >= 0.6 is 15.9 Å². The fourth-order valence-electron chi connectivity index (χ4n) is 2.76. The maximum absolute atomic E-state index is 12.9. The molecule has 1 aliphatic heterocycles. The predicted octanol–water partition coefficient (Wildman–Crippen LogP) is 1.48. The zero-order valence-electron chi connectivity index (χ0n) is 12.4. The van der Waals surface area contributed by atoms with E-state index in [1.807, 2.05) is 0 Å². The Labute approximate surface area is 131 Å². The van der Waals surface area contributed by atoms with Crippen LogP contribution in [0.1, 0.15) is 17.4 Å². The van der Waals surface area contributed by atoms with Gasteiger partial charge in [0.25, 0.3) is 0 Å². The van der Waals surface area contributed by atoms with Gasteiger partial charge in [0.1, 0.15) is 5.69 Å². The number of hydrogen-bond donors (Lipinski definition) is 0. The topological polar surface area (TPSA) is 66.8 Å². The molecule has 0 bridgehead atoms. The van der Waals surface area contributed by atoms with Gasteiger partial charge in [-0.3, -0.25) is 9.59 Å². The van der Waals surface area contributed by atoms with Gasteiger partial charge >= 0.3 is 0 Å². The highest BCUT2D eigenvalue weighted by Crippen LogP contribution is 2.37. The Bertz CT molecular complexity index is 627. The summed E-state index contributed by atoms with van der Waals surface area (Å²) in [5, 5.41) is 0. The molecule has 1 aliphatic rings. The molecule has 0 saturated carbocycles. The molecule has 0 aromatic carbocycles. The summed E-state index contributed by atoms with van der Waals surface area (Å²) in [4.78, 5) is 25.1. The monoisotopic (exact) mass is 359 g/mol. The number of nitrogens with zero attached hydrogens (tertiary/aromatic N) is 1. The van der Waals surface area contributed by atoms with Gasteiger partial charge in [0, 0.05) is 20.4 Å². The minimum atomic E-state index is -0.864. The summed E-state index contributed by atoms with van der Waals surface area (Å²) in [5.41, 5.74) is -0.942. The number of halogens is 1. The molecule has 2 rings (SSSR count). The summed E-state index contributed by atoms with van der Waals surface area (Å²) in [7, 11) is 4.48. The molecular weight excluding hydrogens is 342 g/mol. The summed E-state index contributed by atoms with van der Waals surface area (Å²) in [6.45, 7) is 2.42. The van der Waals surface area contributed by atoms with E-state index in [-0.39, 0.29) is 35.4 Å². The Morgan fingerprint density at radius 1 is 1.38 bits per heavy atom. The van der Waals surface area contributed by atoms with E-state index in [0.717, 1.165) is 0 Å². The van der Waals surface area contributed by atoms with Crippen LogP contribution in [0.5, 0.6) is 5.75 Å². The summed E-state index contributed by atoms with van der Waals surface area (Å²) in [5.74, 6) is -0.171. The van der Waals surface area contributed by atoms with E-state index in [9.17, 15) is 9.59 Å². The number of Topliss-reactive ketones (excluding diaryl/α,β-unsaturated/α-hetero) is 1. The average molecular weight is 360 g/mol. The molecule has 0 fully saturated rings. The average Bonchev–Trinajstić information content (AvgIpc) is 2.45. The standard InChI is InChI=1S/C14H18BrNO5/c1-14(7-19-2)9(20-3)6-16-5-8(15)11(17)12(21-4)10(16)13(14)18/h5,9H,6-7H2,1-4H3. The normalized spacial score (nSPS) is 24.8. The Balaban J connectivity index is 2.69. The van der Waals surface area contributed by atoms with E-state index in [1.165, 1.54) is 14.2 Å². The van der Waals surface area contributed by atoms with E-state index in [1.54, 1.807) is 24.8 Å². The van der Waals surface area contributed by atoms with Crippen LogP contribution in [0.15, 0.2) is 15.5 Å². The van der Waals surface area contributed by atoms with E-state index in [4.69, 9.17) is 14.2 Å². The number of hydrogen-bond acceptors (Lipinski definition) is 5. The fraction of sp³-hybridized carbons (Fsp3) is 0.571. The molecule has 2 unspecified atom stereocenters. The van der Waals surface area contributed by atoms with Gasteiger partial charge in [-0.05, 0) is 22.9 Å². The molecule has 0 N–H and O–H groups in total. The third-order valence-corrected chi connectivity index (χ3v) is 4.50. The number of ketones is 1. The van der Waals surface area contributed by atoms with Gasteiger partial charge in [-0.2, -0.15) is 0 Å². The first kappa shape index (κ1) is 16.2. The van der Waals surface area contributed by atoms with Crippen LogP contribution in [0.4, 0.5) is 0 Å². The van der Waals surface area contributed by atoms with Crippen molar-refractivity contribution in [1.29, 1.82) is 0 Å². The van der Waals surface area contributed by atoms with Crippen LogP contribution in [0.2, 0.25) is 0 Å². The second kappa shape index (κ2) is 5.90. The van der Waals surface area contributed by atoms with E-state index >= 15 is 0 Å². The quantitative estimate of drug-likeness (QED) is 0.814. The number of carbonyl (C=O) groups is 1. The van der Waals surface area contributed by atoms with Gasteiger partial charge in [-0.15, -0.1) is 0 Å². The molecule has 0 amide bonds. The van der Waals surface area contributed by atoms with Crippen molar-refractivity contribution in [3.63, 3.8) is 0 Å². The lowest BCUT2D eigenvalue weighted by molar-refractivity contribution is -0.0449. The molecule has 2 heterocycles. The smallest absolute Gasteiger partial charge is 0.238 e. The highest BCUT2D eigenvalue weighted by molar-refractivity contribution is 9.10. The number of fused-ring (bicyclic) bond motifs is 1. The van der Waals surface area contributed by atoms with Gasteiger partial charge in [-0.25, -0.2) is 0 Å². The summed E-state index contributed by atoms with van der Waals surface area (Å²) < 4.78 is 17.9. The highest BCUT2D eigenvalue weighted by Gasteiger charge is 2.48. The Hall–Kier alpha value is -1.18. The van der Waals surface area contributed by atoms with Gasteiger partial charge in [-0.1, -0.05) is 0 Å². The second-order valence-electron chi connectivity index (χ2n) is 5.24. The molecule has 2 atom stereocenters. The van der Waals surface area contributed by atoms with Crippen LogP contribution in [0.3, 0.4) is 0 Å².